The molecular formula is C26H28N2O4S. The lowest BCUT2D eigenvalue weighted by molar-refractivity contribution is -0.149. The van der Waals surface area contributed by atoms with Crippen LogP contribution in [0.3, 0.4) is 0 Å². The zero-order valence-electron chi connectivity index (χ0n) is 19.1. The highest BCUT2D eigenvalue weighted by atomic mass is 32.2. The average molecular weight is 465 g/mol. The molecule has 7 heteroatoms. The zero-order valence-corrected chi connectivity index (χ0v) is 19.9. The lowest BCUT2D eigenvalue weighted by atomic mass is 9.85. The Labute approximate surface area is 198 Å². The van der Waals surface area contributed by atoms with Gasteiger partial charge >= 0.3 is 0 Å². The predicted octanol–water partition coefficient (Wildman–Crippen LogP) is 4.83. The Balaban J connectivity index is 1.73. The first kappa shape index (κ1) is 23.2. The topological polar surface area (TPSA) is 82.8 Å². The standard InChI is InChI=1S/C26H28N2O4S/c1-4-12-32-22-11-8-18(13-23(22)31-5-2)20-14-24(29)28-25(21(20)15-27)33-16-26(28,30)19-9-6-17(3)7-10-19/h6-11,13,20,30H,4-5,12,14,16H2,1-3H3/t20-,26+/m1/s1. The van der Waals surface area contributed by atoms with Crippen LogP contribution >= 0.6 is 11.8 Å². The Morgan fingerprint density at radius 1 is 1.18 bits per heavy atom. The number of aryl methyl sites for hydroxylation is 1. The molecule has 0 bridgehead atoms. The Morgan fingerprint density at radius 3 is 2.61 bits per heavy atom. The van der Waals surface area contributed by atoms with Gasteiger partial charge in [-0.1, -0.05) is 42.8 Å². The van der Waals surface area contributed by atoms with Crippen molar-refractivity contribution in [3.63, 3.8) is 0 Å². The van der Waals surface area contributed by atoms with E-state index in [0.29, 0.717) is 40.9 Å². The molecule has 2 aromatic rings. The number of aliphatic hydroxyl groups is 1. The Bertz CT molecular complexity index is 1120. The van der Waals surface area contributed by atoms with Crippen molar-refractivity contribution < 1.29 is 19.4 Å². The number of nitrogens with zero attached hydrogens (tertiary/aromatic N) is 2. The summed E-state index contributed by atoms with van der Waals surface area (Å²) in [5, 5.41) is 22.1. The quantitative estimate of drug-likeness (QED) is 0.632. The number of amides is 1. The molecule has 0 radical (unpaired) electrons. The first-order valence-corrected chi connectivity index (χ1v) is 12.2. The van der Waals surface area contributed by atoms with Gasteiger partial charge in [-0.05, 0) is 38.0 Å². The molecule has 2 aliphatic rings. The van der Waals surface area contributed by atoms with E-state index in [9.17, 15) is 15.2 Å². The molecule has 0 unspecified atom stereocenters. The number of hydrogen-bond acceptors (Lipinski definition) is 6. The normalized spacial score (nSPS) is 22.2. The summed E-state index contributed by atoms with van der Waals surface area (Å²) in [7, 11) is 0. The van der Waals surface area contributed by atoms with Crippen molar-refractivity contribution in [1.29, 1.82) is 5.26 Å². The van der Waals surface area contributed by atoms with Crippen LogP contribution in [0.15, 0.2) is 53.1 Å². The van der Waals surface area contributed by atoms with Crippen LogP contribution in [-0.4, -0.2) is 34.9 Å². The summed E-state index contributed by atoms with van der Waals surface area (Å²) >= 11 is 1.35. The zero-order chi connectivity index (χ0) is 23.6. The van der Waals surface area contributed by atoms with Crippen molar-refractivity contribution in [2.75, 3.05) is 19.0 Å². The summed E-state index contributed by atoms with van der Waals surface area (Å²) in [6.07, 6.45) is 0.980. The van der Waals surface area contributed by atoms with Crippen LogP contribution < -0.4 is 9.47 Å². The molecule has 0 aliphatic carbocycles. The molecule has 0 aromatic heterocycles. The molecule has 4 rings (SSSR count). The van der Waals surface area contributed by atoms with E-state index in [0.717, 1.165) is 17.5 Å². The number of thioether (sulfide) groups is 1. The van der Waals surface area contributed by atoms with Gasteiger partial charge in [-0.15, -0.1) is 11.8 Å². The summed E-state index contributed by atoms with van der Waals surface area (Å²) in [6, 6.07) is 15.4. The Morgan fingerprint density at radius 2 is 1.94 bits per heavy atom. The van der Waals surface area contributed by atoms with Crippen molar-refractivity contribution >= 4 is 17.7 Å². The van der Waals surface area contributed by atoms with Crippen LogP contribution in [0, 0.1) is 18.3 Å². The lowest BCUT2D eigenvalue weighted by Gasteiger charge is -2.38. The molecule has 2 atom stereocenters. The third kappa shape index (κ3) is 4.21. The number of carbonyl (C=O) groups is 1. The van der Waals surface area contributed by atoms with Crippen LogP contribution in [0.25, 0.3) is 0 Å². The summed E-state index contributed by atoms with van der Waals surface area (Å²) in [6.45, 7) is 6.98. The van der Waals surface area contributed by atoms with E-state index >= 15 is 0 Å². The largest absolute Gasteiger partial charge is 0.490 e. The van der Waals surface area contributed by atoms with Gasteiger partial charge in [-0.3, -0.25) is 9.69 Å². The van der Waals surface area contributed by atoms with Crippen molar-refractivity contribution in [3.05, 3.63) is 69.8 Å². The van der Waals surface area contributed by atoms with Crippen molar-refractivity contribution in [3.8, 4) is 17.6 Å². The van der Waals surface area contributed by atoms with Gasteiger partial charge in [0.05, 0.1) is 35.6 Å². The number of fused-ring (bicyclic) bond motifs is 1. The number of rotatable bonds is 7. The highest BCUT2D eigenvalue weighted by molar-refractivity contribution is 8.03. The van der Waals surface area contributed by atoms with Crippen molar-refractivity contribution in [2.24, 2.45) is 0 Å². The number of allylic oxidation sites excluding steroid dienone is 1. The van der Waals surface area contributed by atoms with E-state index in [2.05, 4.69) is 6.07 Å². The molecule has 0 spiro atoms. The maximum absolute atomic E-state index is 13.3. The first-order valence-electron chi connectivity index (χ1n) is 11.2. The number of carbonyl (C=O) groups excluding carboxylic acids is 1. The predicted molar refractivity (Wildman–Crippen MR) is 128 cm³/mol. The minimum atomic E-state index is -1.47. The average Bonchev–Trinajstić information content (AvgIpc) is 3.17. The summed E-state index contributed by atoms with van der Waals surface area (Å²) in [5.74, 6) is 0.938. The number of hydrogen-bond donors (Lipinski definition) is 1. The van der Waals surface area contributed by atoms with Crippen LogP contribution in [0.1, 0.15) is 49.3 Å². The van der Waals surface area contributed by atoms with Gasteiger partial charge in [0.2, 0.25) is 5.91 Å². The van der Waals surface area contributed by atoms with Gasteiger partial charge in [0, 0.05) is 17.9 Å². The van der Waals surface area contributed by atoms with Gasteiger partial charge in [0.15, 0.2) is 17.2 Å². The van der Waals surface area contributed by atoms with E-state index in [1.165, 1.54) is 16.7 Å². The molecule has 2 aliphatic heterocycles. The molecule has 2 heterocycles. The highest BCUT2D eigenvalue weighted by Crippen LogP contribution is 2.52. The molecule has 2 aromatic carbocycles. The molecular weight excluding hydrogens is 436 g/mol. The molecule has 172 valence electrons. The third-order valence-electron chi connectivity index (χ3n) is 5.96. The Kier molecular flexibility index (Phi) is 6.68. The maximum Gasteiger partial charge on any atom is 0.231 e. The van der Waals surface area contributed by atoms with Gasteiger partial charge in [0.1, 0.15) is 0 Å². The molecule has 33 heavy (non-hydrogen) atoms. The van der Waals surface area contributed by atoms with Crippen LogP contribution in [-0.2, 0) is 10.5 Å². The highest BCUT2D eigenvalue weighted by Gasteiger charge is 2.51. The second kappa shape index (κ2) is 9.50. The minimum absolute atomic E-state index is 0.0991. The fourth-order valence-electron chi connectivity index (χ4n) is 4.28. The van der Waals surface area contributed by atoms with Crippen LogP contribution in [0.2, 0.25) is 0 Å². The van der Waals surface area contributed by atoms with Gasteiger partial charge in [-0.25, -0.2) is 0 Å². The Hall–Kier alpha value is -2.95. The second-order valence-corrected chi connectivity index (χ2v) is 9.24. The molecule has 1 fully saturated rings. The van der Waals surface area contributed by atoms with Gasteiger partial charge in [0.25, 0.3) is 0 Å². The first-order chi connectivity index (χ1) is 15.9. The molecule has 6 nitrogen and oxygen atoms in total. The fourth-order valence-corrected chi connectivity index (χ4v) is 5.64. The number of benzene rings is 2. The van der Waals surface area contributed by atoms with E-state index in [1.54, 1.807) is 0 Å². The van der Waals surface area contributed by atoms with Gasteiger partial charge < -0.3 is 14.6 Å². The summed E-state index contributed by atoms with van der Waals surface area (Å²) in [4.78, 5) is 14.8. The van der Waals surface area contributed by atoms with E-state index in [4.69, 9.17) is 9.47 Å². The van der Waals surface area contributed by atoms with E-state index < -0.39 is 11.6 Å². The van der Waals surface area contributed by atoms with Crippen molar-refractivity contribution in [1.82, 2.24) is 4.90 Å². The maximum atomic E-state index is 13.3. The molecule has 1 saturated heterocycles. The van der Waals surface area contributed by atoms with Crippen LogP contribution in [0.5, 0.6) is 11.5 Å². The van der Waals surface area contributed by atoms with E-state index in [1.807, 2.05) is 63.2 Å². The minimum Gasteiger partial charge on any atom is -0.490 e. The van der Waals surface area contributed by atoms with Crippen LogP contribution in [0.4, 0.5) is 0 Å². The SMILES string of the molecule is CCCOc1ccc([C@H]2CC(=O)N3C(=C2C#N)SC[C@]3(O)c2ccc(C)cc2)cc1OCC. The fraction of sp³-hybridized carbons (Fsp3) is 0.385. The number of nitriles is 1. The summed E-state index contributed by atoms with van der Waals surface area (Å²) in [5.41, 5.74) is 1.57. The lowest BCUT2D eigenvalue weighted by Crippen LogP contribution is -2.48. The third-order valence-corrected chi connectivity index (χ3v) is 7.18. The second-order valence-electron chi connectivity index (χ2n) is 8.28. The van der Waals surface area contributed by atoms with Crippen molar-refractivity contribution in [2.45, 2.75) is 45.3 Å². The smallest absolute Gasteiger partial charge is 0.231 e. The van der Waals surface area contributed by atoms with E-state index in [-0.39, 0.29) is 18.1 Å². The molecule has 1 amide bonds. The molecule has 0 saturated carbocycles. The van der Waals surface area contributed by atoms with Gasteiger partial charge in [-0.2, -0.15) is 5.26 Å². The summed E-state index contributed by atoms with van der Waals surface area (Å²) < 4.78 is 11.6. The monoisotopic (exact) mass is 464 g/mol. The molecule has 1 N–H and O–H groups in total. The number of ether oxygens (including phenoxy) is 2.